The number of carbonyl (C=O) groups is 1. The van der Waals surface area contributed by atoms with Crippen LogP contribution in [0.2, 0.25) is 0 Å². The summed E-state index contributed by atoms with van der Waals surface area (Å²) in [6, 6.07) is 12.8. The van der Waals surface area contributed by atoms with E-state index in [2.05, 4.69) is 0 Å². The minimum Gasteiger partial charge on any atom is -0.493 e. The van der Waals surface area contributed by atoms with Crippen molar-refractivity contribution in [1.29, 1.82) is 0 Å². The standard InChI is InChI=1S/C33H37FO7S/c1-19(18-42(5,36)37)16-39-24-12-20(2)32(21(3)13-24)26-8-10-28(34)33-27(26)9-11-29(33)41-23-6-7-25-22(14-31(35)38-4)17-40-30(25)15-23/h6-8,10,12-13,15,19,22,29H,9,11,14,16-18H2,1-5H3/t19?,22?,29-/m1/s1. The zero-order valence-electron chi connectivity index (χ0n) is 24.7. The summed E-state index contributed by atoms with van der Waals surface area (Å²) in [5, 5.41) is 0. The van der Waals surface area contributed by atoms with Crippen molar-refractivity contribution in [3.05, 3.63) is 76.1 Å². The topological polar surface area (TPSA) is 88.1 Å². The number of aryl methyl sites for hydroxylation is 2. The zero-order valence-corrected chi connectivity index (χ0v) is 25.5. The van der Waals surface area contributed by atoms with Crippen molar-refractivity contribution in [1.82, 2.24) is 0 Å². The van der Waals surface area contributed by atoms with E-state index in [1.807, 2.05) is 57.2 Å². The molecule has 0 aromatic heterocycles. The highest BCUT2D eigenvalue weighted by Gasteiger charge is 2.32. The number of methoxy groups -OCH3 is 1. The van der Waals surface area contributed by atoms with Crippen LogP contribution in [-0.4, -0.2) is 46.7 Å². The molecule has 0 saturated carbocycles. The van der Waals surface area contributed by atoms with Crippen molar-refractivity contribution in [3.8, 4) is 28.4 Å². The molecule has 2 aliphatic rings. The minimum absolute atomic E-state index is 0.0622. The van der Waals surface area contributed by atoms with Crippen molar-refractivity contribution in [2.24, 2.45) is 5.92 Å². The average Bonchev–Trinajstić information content (AvgIpc) is 3.52. The number of hydrogen-bond acceptors (Lipinski definition) is 7. The van der Waals surface area contributed by atoms with E-state index in [1.54, 1.807) is 0 Å². The third-order valence-corrected chi connectivity index (χ3v) is 9.14. The number of halogens is 1. The number of esters is 1. The van der Waals surface area contributed by atoms with Crippen LogP contribution in [0.15, 0.2) is 42.5 Å². The van der Waals surface area contributed by atoms with Gasteiger partial charge in [-0.2, -0.15) is 0 Å². The molecule has 2 unspecified atom stereocenters. The molecule has 0 amide bonds. The van der Waals surface area contributed by atoms with E-state index in [1.165, 1.54) is 19.4 Å². The molecule has 9 heteroatoms. The Hall–Kier alpha value is -3.59. The van der Waals surface area contributed by atoms with Gasteiger partial charge in [0.25, 0.3) is 0 Å². The largest absolute Gasteiger partial charge is 0.493 e. The number of benzene rings is 3. The normalized spacial score (nSPS) is 18.1. The Labute approximate surface area is 246 Å². The lowest BCUT2D eigenvalue weighted by atomic mass is 9.90. The molecular weight excluding hydrogens is 559 g/mol. The number of sulfone groups is 1. The number of fused-ring (bicyclic) bond motifs is 2. The second-order valence-electron chi connectivity index (χ2n) is 11.6. The van der Waals surface area contributed by atoms with Crippen LogP contribution in [0, 0.1) is 25.6 Å². The van der Waals surface area contributed by atoms with Gasteiger partial charge in [0.1, 0.15) is 39.0 Å². The Morgan fingerprint density at radius 3 is 2.52 bits per heavy atom. The molecule has 5 rings (SSSR count). The quantitative estimate of drug-likeness (QED) is 0.255. The van der Waals surface area contributed by atoms with E-state index in [-0.39, 0.29) is 35.8 Å². The van der Waals surface area contributed by atoms with Crippen molar-refractivity contribution < 1.29 is 36.6 Å². The Morgan fingerprint density at radius 1 is 1.10 bits per heavy atom. The number of ether oxygens (including phenoxy) is 4. The summed E-state index contributed by atoms with van der Waals surface area (Å²) in [7, 11) is -1.70. The van der Waals surface area contributed by atoms with Crippen molar-refractivity contribution in [2.75, 3.05) is 32.3 Å². The van der Waals surface area contributed by atoms with Gasteiger partial charge in [-0.3, -0.25) is 4.79 Å². The van der Waals surface area contributed by atoms with Crippen LogP contribution >= 0.6 is 0 Å². The third kappa shape index (κ3) is 6.41. The van der Waals surface area contributed by atoms with Gasteiger partial charge in [0, 0.05) is 35.3 Å². The maximum absolute atomic E-state index is 15.3. The van der Waals surface area contributed by atoms with E-state index in [9.17, 15) is 13.2 Å². The molecule has 42 heavy (non-hydrogen) atoms. The van der Waals surface area contributed by atoms with Crippen LogP contribution in [0.3, 0.4) is 0 Å². The number of rotatable bonds is 10. The van der Waals surface area contributed by atoms with Crippen LogP contribution in [-0.2, 0) is 25.8 Å². The summed E-state index contributed by atoms with van der Waals surface area (Å²) in [6.45, 7) is 6.57. The van der Waals surface area contributed by atoms with E-state index in [0.717, 1.165) is 33.4 Å². The fourth-order valence-corrected chi connectivity index (χ4v) is 7.34. The minimum atomic E-state index is -3.07. The number of carbonyl (C=O) groups excluding carboxylic acids is 1. The maximum atomic E-state index is 15.3. The first-order valence-electron chi connectivity index (χ1n) is 14.2. The molecule has 3 aromatic rings. The van der Waals surface area contributed by atoms with Crippen molar-refractivity contribution >= 4 is 15.8 Å². The van der Waals surface area contributed by atoms with Gasteiger partial charge in [0.05, 0.1) is 32.5 Å². The monoisotopic (exact) mass is 596 g/mol. The van der Waals surface area contributed by atoms with Gasteiger partial charge in [0.15, 0.2) is 0 Å². The summed E-state index contributed by atoms with van der Waals surface area (Å²) in [5.74, 6) is 1.26. The summed E-state index contributed by atoms with van der Waals surface area (Å²) in [5.41, 5.74) is 6.46. The van der Waals surface area contributed by atoms with Gasteiger partial charge in [0.2, 0.25) is 0 Å². The fraction of sp³-hybridized carbons (Fsp3) is 0.424. The van der Waals surface area contributed by atoms with Crippen LogP contribution < -0.4 is 14.2 Å². The van der Waals surface area contributed by atoms with Crippen LogP contribution in [0.4, 0.5) is 4.39 Å². The predicted octanol–water partition coefficient (Wildman–Crippen LogP) is 6.27. The highest BCUT2D eigenvalue weighted by atomic mass is 32.2. The third-order valence-electron chi connectivity index (χ3n) is 7.96. The van der Waals surface area contributed by atoms with Gasteiger partial charge in [-0.25, -0.2) is 12.8 Å². The molecule has 0 bridgehead atoms. The smallest absolute Gasteiger partial charge is 0.306 e. The lowest BCUT2D eigenvalue weighted by molar-refractivity contribution is -0.141. The molecule has 0 spiro atoms. The van der Waals surface area contributed by atoms with Crippen molar-refractivity contribution in [3.63, 3.8) is 0 Å². The Morgan fingerprint density at radius 2 is 1.83 bits per heavy atom. The highest BCUT2D eigenvalue weighted by Crippen LogP contribution is 2.45. The van der Waals surface area contributed by atoms with Gasteiger partial charge in [-0.15, -0.1) is 0 Å². The fourth-order valence-electron chi connectivity index (χ4n) is 6.21. The van der Waals surface area contributed by atoms with Gasteiger partial charge < -0.3 is 18.9 Å². The summed E-state index contributed by atoms with van der Waals surface area (Å²) >= 11 is 0. The molecule has 0 radical (unpaired) electrons. The van der Waals surface area contributed by atoms with E-state index >= 15 is 4.39 Å². The van der Waals surface area contributed by atoms with Gasteiger partial charge in [-0.05, 0) is 78.8 Å². The van der Waals surface area contributed by atoms with E-state index in [4.69, 9.17) is 18.9 Å². The lowest BCUT2D eigenvalue weighted by Crippen LogP contribution is -2.18. The number of hydrogen-bond donors (Lipinski definition) is 0. The van der Waals surface area contributed by atoms with Gasteiger partial charge >= 0.3 is 5.97 Å². The summed E-state index contributed by atoms with van der Waals surface area (Å²) < 4.78 is 61.4. The van der Waals surface area contributed by atoms with Gasteiger partial charge in [-0.1, -0.05) is 19.1 Å². The maximum Gasteiger partial charge on any atom is 0.306 e. The summed E-state index contributed by atoms with van der Waals surface area (Å²) in [4.78, 5) is 11.7. The van der Waals surface area contributed by atoms with Crippen LogP contribution in [0.5, 0.6) is 17.2 Å². The molecule has 1 aliphatic heterocycles. The molecule has 0 N–H and O–H groups in total. The molecule has 1 heterocycles. The Kier molecular flexibility index (Phi) is 8.51. The summed E-state index contributed by atoms with van der Waals surface area (Å²) in [6.07, 6.45) is 2.36. The van der Waals surface area contributed by atoms with Crippen LogP contribution in [0.1, 0.15) is 59.6 Å². The predicted molar refractivity (Wildman–Crippen MR) is 159 cm³/mol. The first-order valence-corrected chi connectivity index (χ1v) is 16.2. The zero-order chi connectivity index (χ0) is 30.2. The molecule has 0 saturated heterocycles. The molecule has 3 aromatic carbocycles. The van der Waals surface area contributed by atoms with Crippen LogP contribution in [0.25, 0.3) is 11.1 Å². The highest BCUT2D eigenvalue weighted by molar-refractivity contribution is 7.90. The Balaban J connectivity index is 1.36. The molecule has 224 valence electrons. The second kappa shape index (κ2) is 12.0. The molecule has 7 nitrogen and oxygen atoms in total. The molecule has 0 fully saturated rings. The molecular formula is C33H37FO7S. The SMILES string of the molecule is COC(=O)CC1COc2cc(O[C@@H]3CCc4c(-c5c(C)cc(OCC(C)CS(C)(=O)=O)cc5C)ccc(F)c43)ccc21. The second-order valence-corrected chi connectivity index (χ2v) is 13.7. The van der Waals surface area contributed by atoms with E-state index in [0.29, 0.717) is 48.9 Å². The first kappa shape index (κ1) is 29.9. The molecule has 3 atom stereocenters. The Bertz CT molecular complexity index is 1590. The average molecular weight is 597 g/mol. The molecule has 1 aliphatic carbocycles. The lowest BCUT2D eigenvalue weighted by Gasteiger charge is -2.19. The van der Waals surface area contributed by atoms with Crippen molar-refractivity contribution in [2.45, 2.75) is 52.1 Å². The first-order chi connectivity index (χ1) is 19.9. The van der Waals surface area contributed by atoms with E-state index < -0.39 is 15.9 Å².